The predicted molar refractivity (Wildman–Crippen MR) is 109 cm³/mol. The number of piperidine rings is 1. The molecule has 1 aromatic carbocycles. The number of ether oxygens (including phenoxy) is 1. The highest BCUT2D eigenvalue weighted by molar-refractivity contribution is 5.78. The van der Waals surface area contributed by atoms with Gasteiger partial charge in [0.15, 0.2) is 0 Å². The maximum atomic E-state index is 12.2. The molecular weight excluding hydrogens is 352 g/mol. The number of aromatic nitrogens is 2. The van der Waals surface area contributed by atoms with Gasteiger partial charge < -0.3 is 14.6 Å². The Balaban J connectivity index is 1.22. The summed E-state index contributed by atoms with van der Waals surface area (Å²) in [5, 5.41) is 3.03. The molecule has 3 heterocycles. The number of nitrogens with one attached hydrogen (secondary N) is 1. The van der Waals surface area contributed by atoms with Crippen LogP contribution < -0.4 is 5.32 Å². The fourth-order valence-corrected chi connectivity index (χ4v) is 4.20. The van der Waals surface area contributed by atoms with Crippen molar-refractivity contribution < 1.29 is 9.53 Å². The van der Waals surface area contributed by atoms with Gasteiger partial charge >= 0.3 is 0 Å². The molecule has 0 spiro atoms. The number of likely N-dealkylation sites (tertiary alicyclic amines) is 1. The molecule has 1 amide bonds. The SMILES string of the molecule is O=C(CN1CCC(Cn2ccnc2-c2ccccc2)CC1)NCC1CCCO1. The van der Waals surface area contributed by atoms with Crippen LogP contribution in [0.4, 0.5) is 0 Å². The zero-order chi connectivity index (χ0) is 19.2. The summed E-state index contributed by atoms with van der Waals surface area (Å²) in [7, 11) is 0. The van der Waals surface area contributed by atoms with Crippen LogP contribution in [0.1, 0.15) is 25.7 Å². The number of rotatable bonds is 7. The molecule has 6 heteroatoms. The number of hydrogen-bond acceptors (Lipinski definition) is 4. The van der Waals surface area contributed by atoms with E-state index in [9.17, 15) is 4.79 Å². The molecule has 1 unspecified atom stereocenters. The summed E-state index contributed by atoms with van der Waals surface area (Å²) in [6, 6.07) is 10.4. The molecule has 1 atom stereocenters. The standard InChI is InChI=1S/C22H30N4O2/c27-21(24-15-20-7-4-14-28-20)17-25-11-8-18(9-12-25)16-26-13-10-23-22(26)19-5-2-1-3-6-19/h1-3,5-6,10,13,18,20H,4,7-9,11-12,14-17H2,(H,24,27). The molecule has 1 aromatic heterocycles. The molecule has 1 N–H and O–H groups in total. The highest BCUT2D eigenvalue weighted by Gasteiger charge is 2.23. The number of imidazole rings is 1. The molecule has 2 aliphatic heterocycles. The highest BCUT2D eigenvalue weighted by Crippen LogP contribution is 2.23. The predicted octanol–water partition coefficient (Wildman–Crippen LogP) is 2.56. The van der Waals surface area contributed by atoms with Gasteiger partial charge in [-0.15, -0.1) is 0 Å². The summed E-state index contributed by atoms with van der Waals surface area (Å²) < 4.78 is 7.83. The largest absolute Gasteiger partial charge is 0.376 e. The molecule has 0 aliphatic carbocycles. The Hall–Kier alpha value is -2.18. The molecule has 2 aromatic rings. The van der Waals surface area contributed by atoms with Gasteiger partial charge in [0.2, 0.25) is 5.91 Å². The normalized spacial score (nSPS) is 21.1. The van der Waals surface area contributed by atoms with E-state index < -0.39 is 0 Å². The molecule has 4 rings (SSSR count). The number of benzene rings is 1. The Morgan fingerprint density at radius 1 is 1.18 bits per heavy atom. The molecule has 28 heavy (non-hydrogen) atoms. The topological polar surface area (TPSA) is 59.4 Å². The fourth-order valence-electron chi connectivity index (χ4n) is 4.20. The van der Waals surface area contributed by atoms with Crippen molar-refractivity contribution in [3.63, 3.8) is 0 Å². The van der Waals surface area contributed by atoms with Crippen LogP contribution in [-0.4, -0.2) is 59.2 Å². The van der Waals surface area contributed by atoms with Gasteiger partial charge in [-0.2, -0.15) is 0 Å². The fraction of sp³-hybridized carbons (Fsp3) is 0.545. The van der Waals surface area contributed by atoms with Crippen molar-refractivity contribution in [3.05, 3.63) is 42.7 Å². The van der Waals surface area contributed by atoms with Crippen molar-refractivity contribution in [2.24, 2.45) is 5.92 Å². The summed E-state index contributed by atoms with van der Waals surface area (Å²) in [5.74, 6) is 1.79. The third kappa shape index (κ3) is 5.00. The van der Waals surface area contributed by atoms with Gasteiger partial charge in [-0.05, 0) is 44.7 Å². The monoisotopic (exact) mass is 382 g/mol. The van der Waals surface area contributed by atoms with E-state index in [0.717, 1.165) is 63.3 Å². The van der Waals surface area contributed by atoms with Crippen molar-refractivity contribution in [1.82, 2.24) is 19.8 Å². The van der Waals surface area contributed by atoms with Crippen LogP contribution in [0.5, 0.6) is 0 Å². The van der Waals surface area contributed by atoms with Crippen LogP contribution in [-0.2, 0) is 16.1 Å². The third-order valence-electron chi connectivity index (χ3n) is 5.83. The minimum Gasteiger partial charge on any atom is -0.376 e. The van der Waals surface area contributed by atoms with Gasteiger partial charge in [-0.25, -0.2) is 4.98 Å². The summed E-state index contributed by atoms with van der Waals surface area (Å²) in [6.45, 7) is 4.93. The molecule has 6 nitrogen and oxygen atoms in total. The van der Waals surface area contributed by atoms with Crippen molar-refractivity contribution in [3.8, 4) is 11.4 Å². The lowest BCUT2D eigenvalue weighted by Gasteiger charge is -2.32. The van der Waals surface area contributed by atoms with Gasteiger partial charge in [0.05, 0.1) is 12.6 Å². The van der Waals surface area contributed by atoms with Crippen LogP contribution in [0.2, 0.25) is 0 Å². The average molecular weight is 383 g/mol. The molecule has 2 fully saturated rings. The Morgan fingerprint density at radius 2 is 2.00 bits per heavy atom. The van der Waals surface area contributed by atoms with E-state index in [4.69, 9.17) is 4.74 Å². The number of carbonyl (C=O) groups is 1. The highest BCUT2D eigenvalue weighted by atomic mass is 16.5. The lowest BCUT2D eigenvalue weighted by atomic mass is 9.96. The van der Waals surface area contributed by atoms with E-state index in [1.807, 2.05) is 12.3 Å². The molecule has 2 saturated heterocycles. The first-order chi connectivity index (χ1) is 13.8. The second kappa shape index (κ2) is 9.34. The minimum atomic E-state index is 0.120. The zero-order valence-corrected chi connectivity index (χ0v) is 16.4. The Bertz CT molecular complexity index is 747. The van der Waals surface area contributed by atoms with Gasteiger partial charge in [-0.1, -0.05) is 30.3 Å². The van der Waals surface area contributed by atoms with Gasteiger partial charge in [0.25, 0.3) is 0 Å². The van der Waals surface area contributed by atoms with Gasteiger partial charge in [0, 0.05) is 37.7 Å². The first-order valence-electron chi connectivity index (χ1n) is 10.4. The van der Waals surface area contributed by atoms with Crippen LogP contribution in [0.25, 0.3) is 11.4 Å². The minimum absolute atomic E-state index is 0.120. The average Bonchev–Trinajstić information content (AvgIpc) is 3.41. The maximum absolute atomic E-state index is 12.2. The Kier molecular flexibility index (Phi) is 6.39. The van der Waals surface area contributed by atoms with E-state index >= 15 is 0 Å². The lowest BCUT2D eigenvalue weighted by molar-refractivity contribution is -0.123. The first-order valence-corrected chi connectivity index (χ1v) is 10.4. The van der Waals surface area contributed by atoms with Crippen LogP contribution >= 0.6 is 0 Å². The third-order valence-corrected chi connectivity index (χ3v) is 5.83. The Labute approximate surface area is 166 Å². The summed E-state index contributed by atoms with van der Waals surface area (Å²) in [5.41, 5.74) is 1.16. The van der Waals surface area contributed by atoms with Crippen LogP contribution in [0, 0.1) is 5.92 Å². The van der Waals surface area contributed by atoms with Crippen molar-refractivity contribution >= 4 is 5.91 Å². The van der Waals surface area contributed by atoms with E-state index in [2.05, 4.69) is 50.2 Å². The van der Waals surface area contributed by atoms with Crippen LogP contribution in [0.3, 0.4) is 0 Å². The molecule has 0 radical (unpaired) electrons. The second-order valence-corrected chi connectivity index (χ2v) is 7.93. The quantitative estimate of drug-likeness (QED) is 0.800. The molecule has 150 valence electrons. The van der Waals surface area contributed by atoms with E-state index in [1.165, 1.54) is 0 Å². The molecular formula is C22H30N4O2. The molecule has 2 aliphatic rings. The zero-order valence-electron chi connectivity index (χ0n) is 16.4. The summed E-state index contributed by atoms with van der Waals surface area (Å²) in [6.07, 6.45) is 8.57. The van der Waals surface area contributed by atoms with Gasteiger partial charge in [0.1, 0.15) is 5.82 Å². The van der Waals surface area contributed by atoms with Gasteiger partial charge in [-0.3, -0.25) is 9.69 Å². The van der Waals surface area contributed by atoms with E-state index in [1.54, 1.807) is 0 Å². The molecule has 0 saturated carbocycles. The summed E-state index contributed by atoms with van der Waals surface area (Å²) in [4.78, 5) is 19.0. The van der Waals surface area contributed by atoms with Crippen molar-refractivity contribution in [2.75, 3.05) is 32.8 Å². The maximum Gasteiger partial charge on any atom is 0.234 e. The first kappa shape index (κ1) is 19.2. The number of nitrogens with zero attached hydrogens (tertiary/aromatic N) is 3. The molecule has 0 bridgehead atoms. The van der Waals surface area contributed by atoms with E-state index in [-0.39, 0.29) is 12.0 Å². The Morgan fingerprint density at radius 3 is 2.75 bits per heavy atom. The van der Waals surface area contributed by atoms with Crippen molar-refractivity contribution in [2.45, 2.75) is 38.3 Å². The van der Waals surface area contributed by atoms with E-state index in [0.29, 0.717) is 19.0 Å². The second-order valence-electron chi connectivity index (χ2n) is 7.93. The van der Waals surface area contributed by atoms with Crippen LogP contribution in [0.15, 0.2) is 42.7 Å². The summed E-state index contributed by atoms with van der Waals surface area (Å²) >= 11 is 0. The smallest absolute Gasteiger partial charge is 0.234 e. The number of carbonyl (C=O) groups excluding carboxylic acids is 1. The lowest BCUT2D eigenvalue weighted by Crippen LogP contribution is -2.43. The number of amides is 1. The number of hydrogen-bond donors (Lipinski definition) is 1. The van der Waals surface area contributed by atoms with Crippen molar-refractivity contribution in [1.29, 1.82) is 0 Å².